The molecule has 0 aliphatic carbocycles. The minimum absolute atomic E-state index is 0.250. The van der Waals surface area contributed by atoms with Gasteiger partial charge in [-0.15, -0.1) is 0 Å². The molecule has 0 aromatic rings. The van der Waals surface area contributed by atoms with Crippen molar-refractivity contribution in [3.63, 3.8) is 0 Å². The first-order chi connectivity index (χ1) is 47.3. The number of hydrogen-bond donors (Lipinski definition) is 12. The first-order valence-electron chi connectivity index (χ1n) is 40.4. The molecule has 0 spiro atoms. The molecule has 3 saturated heterocycles. The highest BCUT2D eigenvalue weighted by Crippen LogP contribution is 2.33. The van der Waals surface area contributed by atoms with Crippen LogP contribution < -0.4 is 5.32 Å². The monoisotopic (exact) mass is 1390 g/mol. The molecule has 19 nitrogen and oxygen atoms in total. The van der Waals surface area contributed by atoms with Crippen molar-refractivity contribution in [1.29, 1.82) is 0 Å². The Kier molecular flexibility index (Phi) is 55.4. The van der Waals surface area contributed by atoms with Crippen LogP contribution in [-0.2, 0) is 33.2 Å². The number of unbranched alkanes of at least 4 members (excludes halogenated alkanes) is 49. The fourth-order valence-corrected chi connectivity index (χ4v) is 14.1. The van der Waals surface area contributed by atoms with Crippen molar-refractivity contribution in [3.8, 4) is 0 Å². The van der Waals surface area contributed by atoms with Crippen molar-refractivity contribution in [2.24, 2.45) is 0 Å². The summed E-state index contributed by atoms with van der Waals surface area (Å²) in [6.45, 7) is 1.76. The molecule has 19 heteroatoms. The van der Waals surface area contributed by atoms with Gasteiger partial charge in [-0.2, -0.15) is 0 Å². The second-order valence-corrected chi connectivity index (χ2v) is 29.2. The van der Waals surface area contributed by atoms with E-state index in [4.69, 9.17) is 28.4 Å². The number of nitrogens with one attached hydrogen (secondary N) is 1. The number of amides is 1. The Labute approximate surface area is 588 Å². The van der Waals surface area contributed by atoms with Crippen molar-refractivity contribution in [2.45, 2.75) is 452 Å². The van der Waals surface area contributed by atoms with Gasteiger partial charge in [-0.1, -0.05) is 334 Å². The molecule has 1 amide bonds. The fraction of sp³-hybridized carbons (Fsp3) is 0.962. The van der Waals surface area contributed by atoms with Gasteiger partial charge in [0.15, 0.2) is 18.9 Å². The van der Waals surface area contributed by atoms with Gasteiger partial charge in [-0.3, -0.25) is 4.79 Å². The third-order valence-corrected chi connectivity index (χ3v) is 20.6. The van der Waals surface area contributed by atoms with Crippen LogP contribution >= 0.6 is 0 Å². The van der Waals surface area contributed by atoms with Gasteiger partial charge in [0, 0.05) is 6.42 Å². The van der Waals surface area contributed by atoms with E-state index in [-0.39, 0.29) is 18.9 Å². The summed E-state index contributed by atoms with van der Waals surface area (Å²) < 4.78 is 34.4. The van der Waals surface area contributed by atoms with E-state index in [1.807, 2.05) is 6.08 Å². The molecular weight excluding hydrogens is 1240 g/mol. The van der Waals surface area contributed by atoms with Gasteiger partial charge in [0.05, 0.1) is 38.6 Å². The molecule has 3 aliphatic heterocycles. The van der Waals surface area contributed by atoms with Crippen molar-refractivity contribution in [1.82, 2.24) is 5.32 Å². The highest BCUT2D eigenvalue weighted by molar-refractivity contribution is 5.76. The molecular formula is C78H149NO18. The molecule has 12 N–H and O–H groups in total. The Morgan fingerprint density at radius 1 is 0.361 bits per heavy atom. The predicted octanol–water partition coefficient (Wildman–Crippen LogP) is 13.2. The number of hydrogen-bond acceptors (Lipinski definition) is 18. The van der Waals surface area contributed by atoms with E-state index in [1.54, 1.807) is 6.08 Å². The maximum atomic E-state index is 13.4. The Hall–Kier alpha value is -1.47. The molecule has 0 saturated carbocycles. The lowest BCUT2D eigenvalue weighted by Crippen LogP contribution is -2.66. The van der Waals surface area contributed by atoms with Crippen LogP contribution in [0.15, 0.2) is 12.2 Å². The zero-order valence-corrected chi connectivity index (χ0v) is 61.3. The quantitative estimate of drug-likeness (QED) is 0.0199. The molecule has 17 unspecified atom stereocenters. The second kappa shape index (κ2) is 59.9. The van der Waals surface area contributed by atoms with Crippen LogP contribution in [-0.4, -0.2) is 193 Å². The first kappa shape index (κ1) is 89.7. The molecule has 97 heavy (non-hydrogen) atoms. The SMILES string of the molecule is CCCCCCCCCCCC/C=C/C(O)C(COC1OC(CO)C(OC2OC(CO)C(OC3OC(CO)C(O)C(O)C3O)C(O)C2O)C(O)C1O)NC(=O)CCCCCCCCCCCCCCCCCCCCCCCCCCCCCCCCCCCCCCCCCC. The number of aliphatic hydroxyl groups excluding tert-OH is 11. The summed E-state index contributed by atoms with van der Waals surface area (Å²) in [5.41, 5.74) is 0. The molecule has 17 atom stereocenters. The zero-order valence-electron chi connectivity index (χ0n) is 61.3. The lowest BCUT2D eigenvalue weighted by atomic mass is 9.96. The minimum Gasteiger partial charge on any atom is -0.394 e. The third kappa shape index (κ3) is 40.4. The van der Waals surface area contributed by atoms with Gasteiger partial charge in [0.1, 0.15) is 73.2 Å². The van der Waals surface area contributed by atoms with Crippen molar-refractivity contribution in [3.05, 3.63) is 12.2 Å². The average molecular weight is 1390 g/mol. The molecule has 3 fully saturated rings. The second-order valence-electron chi connectivity index (χ2n) is 29.2. The third-order valence-electron chi connectivity index (χ3n) is 20.6. The smallest absolute Gasteiger partial charge is 0.220 e. The van der Waals surface area contributed by atoms with Crippen LogP contribution in [0.1, 0.15) is 348 Å². The number of rotatable bonds is 65. The maximum Gasteiger partial charge on any atom is 0.220 e. The van der Waals surface area contributed by atoms with Gasteiger partial charge in [0.2, 0.25) is 5.91 Å². The summed E-state index contributed by atoms with van der Waals surface area (Å²) in [5.74, 6) is -0.269. The first-order valence-corrected chi connectivity index (χ1v) is 40.4. The van der Waals surface area contributed by atoms with Gasteiger partial charge in [0.25, 0.3) is 0 Å². The number of carbonyl (C=O) groups excluding carboxylic acids is 1. The summed E-state index contributed by atoms with van der Waals surface area (Å²) >= 11 is 0. The minimum atomic E-state index is -1.98. The van der Waals surface area contributed by atoms with Crippen LogP contribution in [0.5, 0.6) is 0 Å². The van der Waals surface area contributed by atoms with Crippen molar-refractivity contribution < 1.29 is 89.4 Å². The van der Waals surface area contributed by atoms with Crippen molar-refractivity contribution in [2.75, 3.05) is 26.4 Å². The van der Waals surface area contributed by atoms with E-state index in [0.29, 0.717) is 6.42 Å². The van der Waals surface area contributed by atoms with Gasteiger partial charge in [-0.05, 0) is 19.3 Å². The van der Waals surface area contributed by atoms with E-state index in [0.717, 1.165) is 44.9 Å². The largest absolute Gasteiger partial charge is 0.394 e. The number of ether oxygens (including phenoxy) is 6. The zero-order chi connectivity index (χ0) is 70.4. The van der Waals surface area contributed by atoms with Gasteiger partial charge in [-0.25, -0.2) is 0 Å². The molecule has 0 aromatic heterocycles. The molecule has 574 valence electrons. The molecule has 0 bridgehead atoms. The number of carbonyl (C=O) groups is 1. The predicted molar refractivity (Wildman–Crippen MR) is 383 cm³/mol. The van der Waals surface area contributed by atoms with E-state index >= 15 is 0 Å². The van der Waals surface area contributed by atoms with Crippen molar-refractivity contribution >= 4 is 5.91 Å². The standard InChI is InChI=1S/C78H149NO18/c1-3-5-7-9-11-13-15-17-18-19-20-21-22-23-24-25-26-27-28-29-30-31-32-33-34-35-36-37-38-39-40-41-42-43-44-46-48-50-52-54-56-66(84)79-61(62(83)55-53-51-49-47-45-16-14-12-10-8-6-4-2)60-92-76-72(90)69(87)74(64(58-81)94-76)97-78-73(91)70(88)75(65(59-82)95-78)96-77-71(89)68(86)67(85)63(57-80)93-77/h53,55,61-65,67-78,80-83,85-91H,3-52,54,56-60H2,1-2H3,(H,79,84)/b55-53+. The summed E-state index contributed by atoms with van der Waals surface area (Å²) in [6.07, 6.45) is 44.0. The average Bonchev–Trinajstić information content (AvgIpc) is 0.791. The van der Waals surface area contributed by atoms with E-state index < -0.39 is 124 Å². The molecule has 3 aliphatic rings. The Balaban J connectivity index is 1.25. The topological polar surface area (TPSA) is 307 Å². The lowest BCUT2D eigenvalue weighted by Gasteiger charge is -2.48. The van der Waals surface area contributed by atoms with Crippen LogP contribution in [0.3, 0.4) is 0 Å². The summed E-state index contributed by atoms with van der Waals surface area (Å²) in [6, 6.07) is -0.968. The van der Waals surface area contributed by atoms with E-state index in [2.05, 4.69) is 19.2 Å². The van der Waals surface area contributed by atoms with Crippen LogP contribution in [0.2, 0.25) is 0 Å². The number of allylic oxidation sites excluding steroid dienone is 1. The molecule has 3 rings (SSSR count). The summed E-state index contributed by atoms with van der Waals surface area (Å²) in [5, 5.41) is 121. The number of aliphatic hydroxyl groups is 11. The Morgan fingerprint density at radius 3 is 0.969 bits per heavy atom. The Morgan fingerprint density at radius 2 is 0.639 bits per heavy atom. The lowest BCUT2D eigenvalue weighted by molar-refractivity contribution is -0.379. The Bertz CT molecular complexity index is 1800. The molecule has 0 aromatic carbocycles. The highest BCUT2D eigenvalue weighted by atomic mass is 16.8. The fourth-order valence-electron chi connectivity index (χ4n) is 14.1. The van der Waals surface area contributed by atoms with E-state index in [9.17, 15) is 61.0 Å². The van der Waals surface area contributed by atoms with Crippen LogP contribution in [0.25, 0.3) is 0 Å². The van der Waals surface area contributed by atoms with E-state index in [1.165, 1.54) is 276 Å². The van der Waals surface area contributed by atoms with Gasteiger partial charge >= 0.3 is 0 Å². The summed E-state index contributed by atoms with van der Waals surface area (Å²) in [4.78, 5) is 13.4. The summed E-state index contributed by atoms with van der Waals surface area (Å²) in [7, 11) is 0. The molecule has 0 radical (unpaired) electrons. The van der Waals surface area contributed by atoms with Crippen LogP contribution in [0.4, 0.5) is 0 Å². The normalized spacial score (nSPS) is 26.9. The van der Waals surface area contributed by atoms with Crippen LogP contribution in [0, 0.1) is 0 Å². The van der Waals surface area contributed by atoms with Gasteiger partial charge < -0.3 is 89.9 Å². The maximum absolute atomic E-state index is 13.4. The highest BCUT2D eigenvalue weighted by Gasteiger charge is 2.54. The molecule has 3 heterocycles.